The van der Waals surface area contributed by atoms with Gasteiger partial charge in [-0.25, -0.2) is 9.36 Å². The summed E-state index contributed by atoms with van der Waals surface area (Å²) in [7, 11) is 1.99. The number of non-ortho nitro benzene ring substituents is 1. The number of benzene rings is 1. The van der Waals surface area contributed by atoms with Crippen LogP contribution in [0.4, 0.5) is 5.69 Å². The molecule has 1 aromatic carbocycles. The molecule has 2 aliphatic rings. The SMILES string of the molecule is CCSc1c2sc(C3=C(C(=O)OCc4ccc([N+](=O)[O-])cc4)N4C(=O)[C@H]([C@@H](C)O)[C@H]4C3)cn2c[n+]1C. The number of hydrogen-bond acceptors (Lipinski definition) is 8. The van der Waals surface area contributed by atoms with Crippen LogP contribution in [-0.4, -0.2) is 49.1 Å². The van der Waals surface area contributed by atoms with Crippen molar-refractivity contribution in [1.82, 2.24) is 9.30 Å². The molecule has 2 aliphatic heterocycles. The highest BCUT2D eigenvalue weighted by Gasteiger charge is 2.57. The van der Waals surface area contributed by atoms with Gasteiger partial charge in [0, 0.05) is 17.7 Å². The predicted octanol–water partition coefficient (Wildman–Crippen LogP) is 2.91. The standard InChI is InChI=1S/C24H25N4O6S2/c1-4-35-22-23-26(12-25(22)3)10-18(36-23)16-9-17-19(13(2)29)21(30)27(17)20(16)24(31)34-11-14-5-7-15(8-6-14)28(32)33/h5-8,10,12-13,17,19,29H,4,9,11H2,1-3H3/q+1/t13-,17-,19-/m1/s1. The van der Waals surface area contributed by atoms with Crippen molar-refractivity contribution in [2.75, 3.05) is 5.75 Å². The zero-order chi connectivity index (χ0) is 25.7. The van der Waals surface area contributed by atoms with Gasteiger partial charge in [-0.1, -0.05) is 30.0 Å². The highest BCUT2D eigenvalue weighted by molar-refractivity contribution is 7.99. The number of carbonyl (C=O) groups excluding carboxylic acids is 2. The van der Waals surface area contributed by atoms with Gasteiger partial charge in [0.1, 0.15) is 18.5 Å². The summed E-state index contributed by atoms with van der Waals surface area (Å²) in [5.41, 5.74) is 1.49. The van der Waals surface area contributed by atoms with Gasteiger partial charge in [0.2, 0.25) is 22.1 Å². The zero-order valence-corrected chi connectivity index (χ0v) is 21.5. The summed E-state index contributed by atoms with van der Waals surface area (Å²) in [6.07, 6.45) is 3.58. The molecule has 0 aliphatic carbocycles. The molecule has 0 unspecified atom stereocenters. The molecule has 12 heteroatoms. The first-order valence-corrected chi connectivity index (χ1v) is 13.3. The first kappa shape index (κ1) is 24.5. The van der Waals surface area contributed by atoms with Crippen LogP contribution in [0.1, 0.15) is 30.7 Å². The maximum absolute atomic E-state index is 13.3. The molecule has 0 saturated carbocycles. The van der Waals surface area contributed by atoms with Gasteiger partial charge in [0.05, 0.1) is 34.9 Å². The quantitative estimate of drug-likeness (QED) is 0.119. The number of hydrogen-bond donors (Lipinski definition) is 1. The summed E-state index contributed by atoms with van der Waals surface area (Å²) in [5, 5.41) is 22.2. The molecule has 1 saturated heterocycles. The summed E-state index contributed by atoms with van der Waals surface area (Å²) in [4.78, 5) is 40.0. The number of fused-ring (bicyclic) bond motifs is 2. The van der Waals surface area contributed by atoms with Crippen LogP contribution in [0, 0.1) is 16.0 Å². The topological polar surface area (TPSA) is 118 Å². The molecule has 5 rings (SSSR count). The second kappa shape index (κ2) is 9.34. The summed E-state index contributed by atoms with van der Waals surface area (Å²) in [6.45, 7) is 3.60. The second-order valence-corrected chi connectivity index (χ2v) is 11.1. The van der Waals surface area contributed by atoms with Gasteiger partial charge in [-0.05, 0) is 36.8 Å². The average Bonchev–Trinajstić information content (AvgIpc) is 3.47. The molecule has 4 heterocycles. The van der Waals surface area contributed by atoms with Crippen molar-refractivity contribution in [2.24, 2.45) is 13.0 Å². The minimum Gasteiger partial charge on any atom is -0.456 e. The van der Waals surface area contributed by atoms with E-state index in [1.165, 1.54) is 29.2 Å². The van der Waals surface area contributed by atoms with Crippen molar-refractivity contribution in [3.8, 4) is 0 Å². The van der Waals surface area contributed by atoms with Crippen LogP contribution in [0.2, 0.25) is 0 Å². The van der Waals surface area contributed by atoms with Crippen LogP contribution in [0.15, 0.2) is 47.5 Å². The van der Waals surface area contributed by atoms with E-state index in [1.807, 2.05) is 24.0 Å². The zero-order valence-electron chi connectivity index (χ0n) is 19.9. The van der Waals surface area contributed by atoms with E-state index in [4.69, 9.17) is 4.74 Å². The Bertz CT molecular complexity index is 1410. The van der Waals surface area contributed by atoms with E-state index in [9.17, 15) is 24.8 Å². The number of β-lactam (4-membered cyclic amide) rings is 1. The molecule has 0 spiro atoms. The Labute approximate surface area is 214 Å². The number of aliphatic hydroxyl groups excluding tert-OH is 1. The third-order valence-corrected chi connectivity index (χ3v) is 8.86. The molecule has 10 nitrogen and oxygen atoms in total. The van der Waals surface area contributed by atoms with Crippen molar-refractivity contribution in [3.05, 3.63) is 63.0 Å². The molecule has 3 aromatic rings. The number of aliphatic hydroxyl groups is 1. The number of amides is 1. The maximum Gasteiger partial charge on any atom is 0.355 e. The van der Waals surface area contributed by atoms with E-state index >= 15 is 0 Å². The van der Waals surface area contributed by atoms with Gasteiger partial charge in [0.15, 0.2) is 0 Å². The first-order chi connectivity index (χ1) is 17.2. The molecule has 0 radical (unpaired) electrons. The van der Waals surface area contributed by atoms with Crippen LogP contribution in [0.3, 0.4) is 0 Å². The second-order valence-electron chi connectivity index (χ2n) is 8.85. The van der Waals surface area contributed by atoms with Gasteiger partial charge < -0.3 is 14.7 Å². The summed E-state index contributed by atoms with van der Waals surface area (Å²) in [6, 6.07) is 5.48. The van der Waals surface area contributed by atoms with Crippen LogP contribution in [-0.2, 0) is 28.0 Å². The summed E-state index contributed by atoms with van der Waals surface area (Å²) >= 11 is 3.29. The van der Waals surface area contributed by atoms with E-state index in [1.54, 1.807) is 30.0 Å². The lowest BCUT2D eigenvalue weighted by molar-refractivity contribution is -0.705. The monoisotopic (exact) mass is 529 g/mol. The van der Waals surface area contributed by atoms with Crippen molar-refractivity contribution >= 4 is 51.1 Å². The number of nitro groups is 1. The van der Waals surface area contributed by atoms with Crippen molar-refractivity contribution < 1.29 is 28.9 Å². The molecule has 3 atom stereocenters. The number of carbonyl (C=O) groups is 2. The first-order valence-electron chi connectivity index (χ1n) is 11.5. The third kappa shape index (κ3) is 3.98. The van der Waals surface area contributed by atoms with Crippen molar-refractivity contribution in [1.29, 1.82) is 0 Å². The highest BCUT2D eigenvalue weighted by atomic mass is 32.2. The number of rotatable bonds is 8. The van der Waals surface area contributed by atoms with Crippen LogP contribution < -0.4 is 4.57 Å². The largest absolute Gasteiger partial charge is 0.456 e. The Kier molecular flexibility index (Phi) is 6.35. The Morgan fingerprint density at radius 3 is 2.75 bits per heavy atom. The van der Waals surface area contributed by atoms with Gasteiger partial charge >= 0.3 is 5.97 Å². The number of aromatic nitrogens is 2. The Morgan fingerprint density at radius 1 is 1.39 bits per heavy atom. The minimum atomic E-state index is -0.818. The van der Waals surface area contributed by atoms with Crippen LogP contribution in [0.5, 0.6) is 0 Å². The lowest BCUT2D eigenvalue weighted by Gasteiger charge is -2.44. The number of nitro benzene ring substituents is 1. The predicted molar refractivity (Wildman–Crippen MR) is 133 cm³/mol. The van der Waals surface area contributed by atoms with E-state index in [0.717, 1.165) is 26.1 Å². The third-order valence-electron chi connectivity index (χ3n) is 6.52. The van der Waals surface area contributed by atoms with Gasteiger partial charge in [0.25, 0.3) is 5.69 Å². The van der Waals surface area contributed by atoms with E-state index in [2.05, 4.69) is 11.5 Å². The molecule has 1 fully saturated rings. The van der Waals surface area contributed by atoms with Gasteiger partial charge in [-0.3, -0.25) is 14.9 Å². The lowest BCUT2D eigenvalue weighted by Crippen LogP contribution is -2.61. The Balaban J connectivity index is 1.47. The summed E-state index contributed by atoms with van der Waals surface area (Å²) in [5.74, 6) is -0.557. The van der Waals surface area contributed by atoms with E-state index < -0.39 is 22.9 Å². The number of aryl methyl sites for hydroxylation is 1. The fourth-order valence-electron chi connectivity index (χ4n) is 4.85. The summed E-state index contributed by atoms with van der Waals surface area (Å²) < 4.78 is 9.65. The van der Waals surface area contributed by atoms with Crippen LogP contribution >= 0.6 is 23.1 Å². The van der Waals surface area contributed by atoms with Crippen molar-refractivity contribution in [3.63, 3.8) is 0 Å². The number of thioether (sulfide) groups is 1. The van der Waals surface area contributed by atoms with Crippen molar-refractivity contribution in [2.45, 2.75) is 44.0 Å². The van der Waals surface area contributed by atoms with Gasteiger partial charge in [-0.15, -0.1) is 0 Å². The number of nitrogens with zero attached hydrogens (tertiary/aromatic N) is 4. The van der Waals surface area contributed by atoms with Gasteiger partial charge in [-0.2, -0.15) is 4.40 Å². The van der Waals surface area contributed by atoms with E-state index in [-0.39, 0.29) is 29.9 Å². The molecule has 188 valence electrons. The smallest absolute Gasteiger partial charge is 0.355 e. The van der Waals surface area contributed by atoms with Crippen LogP contribution in [0.25, 0.3) is 10.4 Å². The number of imidazole rings is 1. The maximum atomic E-state index is 13.3. The Hall–Kier alpha value is -3.22. The molecule has 1 N–H and O–H groups in total. The average molecular weight is 530 g/mol. The highest BCUT2D eigenvalue weighted by Crippen LogP contribution is 2.48. The van der Waals surface area contributed by atoms with E-state index in [0.29, 0.717) is 12.0 Å². The molecule has 0 bridgehead atoms. The molecule has 1 amide bonds. The normalized spacial score (nSPS) is 20.0. The Morgan fingerprint density at radius 2 is 2.11 bits per heavy atom. The number of esters is 1. The number of thiazole rings is 1. The number of ether oxygens (including phenoxy) is 1. The minimum absolute atomic E-state index is 0.0489. The fraction of sp³-hybridized carbons (Fsp3) is 0.375. The fourth-order valence-corrected chi connectivity index (χ4v) is 7.02. The molecule has 36 heavy (non-hydrogen) atoms. The lowest BCUT2D eigenvalue weighted by atomic mass is 9.83. The molecule has 2 aromatic heterocycles. The molecular formula is C24H25N4O6S2+. The molecular weight excluding hydrogens is 504 g/mol.